The van der Waals surface area contributed by atoms with Crippen LogP contribution in [0.1, 0.15) is 22.5 Å². The van der Waals surface area contributed by atoms with Gasteiger partial charge in [-0.15, -0.1) is 27.9 Å². The van der Waals surface area contributed by atoms with Gasteiger partial charge in [-0.2, -0.15) is 29.1 Å². The molecule has 0 radical (unpaired) electrons. The number of hydrogen-bond acceptors (Lipinski definition) is 10. The van der Waals surface area contributed by atoms with Crippen molar-refractivity contribution in [2.75, 3.05) is 14.1 Å². The molecule has 0 aliphatic carbocycles. The third kappa shape index (κ3) is 7.42. The predicted octanol–water partition coefficient (Wildman–Crippen LogP) is 6.24. The van der Waals surface area contributed by atoms with Gasteiger partial charge < -0.3 is 4.90 Å². The molecular formula is C37H27F2N9O4S4. The normalized spacial score (nSPS) is 13.0. The second-order valence-corrected chi connectivity index (χ2v) is 17.6. The molecule has 282 valence electrons. The molecule has 2 N–H and O–H groups in total. The number of primary sulfonamides is 1. The Morgan fingerprint density at radius 1 is 0.732 bits per heavy atom. The van der Waals surface area contributed by atoms with Gasteiger partial charge in [0.25, 0.3) is 10.0 Å². The number of fused-ring (bicyclic) bond motifs is 6. The lowest BCUT2D eigenvalue weighted by Crippen LogP contribution is -2.12. The third-order valence-electron chi connectivity index (χ3n) is 8.49. The van der Waals surface area contributed by atoms with E-state index in [9.17, 15) is 36.1 Å². The summed E-state index contributed by atoms with van der Waals surface area (Å²) in [6, 6.07) is 25.2. The van der Waals surface area contributed by atoms with E-state index in [0.717, 1.165) is 32.0 Å². The zero-order valence-electron chi connectivity index (χ0n) is 29.3. The van der Waals surface area contributed by atoms with Gasteiger partial charge >= 0.3 is 0 Å². The Hall–Kier alpha value is -5.83. The number of thioether (sulfide) groups is 2. The topological polar surface area (TPSA) is 193 Å². The maximum Gasteiger partial charge on any atom is 0.283 e. The van der Waals surface area contributed by atoms with Crippen LogP contribution in [0.2, 0.25) is 0 Å². The highest BCUT2D eigenvalue weighted by Crippen LogP contribution is 2.45. The number of aromatic nitrogens is 4. The number of halogens is 2. The summed E-state index contributed by atoms with van der Waals surface area (Å²) >= 11 is 2.86. The zero-order chi connectivity index (χ0) is 39.9. The van der Waals surface area contributed by atoms with Crippen molar-refractivity contribution < 1.29 is 25.6 Å². The van der Waals surface area contributed by atoms with Crippen molar-refractivity contribution in [3.63, 3.8) is 0 Å². The molecule has 0 spiro atoms. The number of benzene rings is 4. The summed E-state index contributed by atoms with van der Waals surface area (Å²) in [5.74, 6) is 0.445. The number of nitrogens with zero attached hydrogens (tertiary/aromatic N) is 8. The molecule has 0 saturated carbocycles. The highest BCUT2D eigenvalue weighted by Gasteiger charge is 2.29. The second kappa shape index (κ2) is 15.0. The average Bonchev–Trinajstić information content (AvgIpc) is 3.76. The Balaban J connectivity index is 0.000000173. The van der Waals surface area contributed by atoms with Crippen LogP contribution in [0.4, 0.5) is 8.78 Å². The fourth-order valence-corrected chi connectivity index (χ4v) is 9.57. The quantitative estimate of drug-likeness (QED) is 0.148. The third-order valence-corrected chi connectivity index (χ3v) is 12.9. The van der Waals surface area contributed by atoms with Crippen LogP contribution in [-0.4, -0.2) is 61.7 Å². The lowest BCUT2D eigenvalue weighted by molar-refractivity contribution is 0.594. The van der Waals surface area contributed by atoms with Crippen LogP contribution in [0.15, 0.2) is 109 Å². The molecule has 13 nitrogen and oxygen atoms in total. The molecule has 0 saturated heterocycles. The molecule has 0 fully saturated rings. The summed E-state index contributed by atoms with van der Waals surface area (Å²) in [5.41, 5.74) is 6.32. The summed E-state index contributed by atoms with van der Waals surface area (Å²) in [6.07, 6.45) is 1.22. The number of hydrogen-bond donors (Lipinski definition) is 1. The van der Waals surface area contributed by atoms with Crippen molar-refractivity contribution in [1.29, 1.82) is 10.5 Å². The average molecular weight is 828 g/mol. The first-order valence-electron chi connectivity index (χ1n) is 16.3. The molecule has 6 aromatic rings. The van der Waals surface area contributed by atoms with Gasteiger partial charge in [-0.1, -0.05) is 0 Å². The van der Waals surface area contributed by atoms with Gasteiger partial charge in [-0.25, -0.2) is 31.7 Å². The first kappa shape index (κ1) is 38.4. The van der Waals surface area contributed by atoms with Crippen LogP contribution >= 0.6 is 23.5 Å². The number of sulfonamides is 2. The summed E-state index contributed by atoms with van der Waals surface area (Å²) in [7, 11) is -4.27. The van der Waals surface area contributed by atoms with Gasteiger partial charge in [0.15, 0.2) is 11.4 Å². The maximum absolute atomic E-state index is 13.7. The molecule has 19 heteroatoms. The molecule has 4 heterocycles. The Labute approximate surface area is 328 Å². The smallest absolute Gasteiger partial charge is 0.283 e. The summed E-state index contributed by atoms with van der Waals surface area (Å²) in [4.78, 5) is 3.01. The van der Waals surface area contributed by atoms with E-state index in [1.165, 1.54) is 83.3 Å². The van der Waals surface area contributed by atoms with Crippen LogP contribution in [0.25, 0.3) is 33.9 Å². The molecule has 2 aliphatic heterocycles. The van der Waals surface area contributed by atoms with Crippen molar-refractivity contribution in [2.24, 2.45) is 9.54 Å². The lowest BCUT2D eigenvalue weighted by Gasteiger charge is -2.18. The standard InChI is InChI=1S/C20H16FN5O2S2.C17H11FN4O2S2/c1-25(2)12-23-30(27,28)16-6-4-15(5-7-16)26-19-17-8-3-14(21)9-13(17)11-29-20(19)18(10-22)24-26;18-11-1-6-14-10(7-11)9-25-17-15(8-19)21-22(16(14)17)12-2-4-13(5-3-12)26(20,23)24/h3-9,12H,11H2,1-2H3;1-7H,9H2,(H2,20,23,24). The molecule has 0 unspecified atom stereocenters. The summed E-state index contributed by atoms with van der Waals surface area (Å²) < 4.78 is 81.6. The monoisotopic (exact) mass is 827 g/mol. The van der Waals surface area contributed by atoms with Gasteiger partial charge in [0.05, 0.1) is 42.3 Å². The van der Waals surface area contributed by atoms with Gasteiger partial charge in [-0.05, 0) is 96.1 Å². The Morgan fingerprint density at radius 2 is 1.16 bits per heavy atom. The zero-order valence-corrected chi connectivity index (χ0v) is 32.5. The largest absolute Gasteiger partial charge is 0.368 e. The van der Waals surface area contributed by atoms with E-state index < -0.39 is 20.0 Å². The van der Waals surface area contributed by atoms with E-state index in [1.807, 2.05) is 0 Å². The number of nitriles is 2. The molecule has 2 aliphatic rings. The first-order valence-corrected chi connectivity index (χ1v) is 21.2. The van der Waals surface area contributed by atoms with Crippen LogP contribution < -0.4 is 5.14 Å². The molecule has 4 aromatic carbocycles. The van der Waals surface area contributed by atoms with E-state index in [-0.39, 0.29) is 32.8 Å². The van der Waals surface area contributed by atoms with E-state index >= 15 is 0 Å². The molecular weight excluding hydrogens is 801 g/mol. The van der Waals surface area contributed by atoms with Crippen molar-refractivity contribution in [2.45, 2.75) is 31.1 Å². The van der Waals surface area contributed by atoms with Gasteiger partial charge in [0.2, 0.25) is 10.0 Å². The minimum atomic E-state index is -3.82. The fourth-order valence-electron chi connectivity index (χ4n) is 5.95. The SMILES string of the molecule is CN(C)C=NS(=O)(=O)c1ccc(-n2nc(C#N)c3c2-c2ccc(F)cc2CS3)cc1.N#Cc1nn(-c2ccc(S(N)(=O)=O)cc2)c2c1SCc1cc(F)ccc1-2. The first-order chi connectivity index (χ1) is 26.7. The van der Waals surface area contributed by atoms with E-state index in [1.54, 1.807) is 59.9 Å². The van der Waals surface area contributed by atoms with Crippen molar-refractivity contribution in [3.8, 4) is 46.0 Å². The van der Waals surface area contributed by atoms with Gasteiger partial charge in [0, 0.05) is 36.7 Å². The predicted molar refractivity (Wildman–Crippen MR) is 207 cm³/mol. The molecule has 2 aromatic heterocycles. The Kier molecular flexibility index (Phi) is 10.3. The van der Waals surface area contributed by atoms with E-state index in [2.05, 4.69) is 26.7 Å². The minimum Gasteiger partial charge on any atom is -0.368 e. The summed E-state index contributed by atoms with van der Waals surface area (Å²) in [5, 5.41) is 32.8. The lowest BCUT2D eigenvalue weighted by atomic mass is 10.0. The van der Waals surface area contributed by atoms with Gasteiger partial charge in [0.1, 0.15) is 30.1 Å². The van der Waals surface area contributed by atoms with E-state index in [0.29, 0.717) is 34.3 Å². The fraction of sp³-hybridized carbons (Fsp3) is 0.108. The van der Waals surface area contributed by atoms with Crippen LogP contribution in [0.5, 0.6) is 0 Å². The minimum absolute atomic E-state index is 0.0142. The number of rotatable bonds is 6. The van der Waals surface area contributed by atoms with Crippen molar-refractivity contribution >= 4 is 49.9 Å². The highest BCUT2D eigenvalue weighted by molar-refractivity contribution is 7.99. The van der Waals surface area contributed by atoms with Crippen molar-refractivity contribution in [1.82, 2.24) is 24.5 Å². The van der Waals surface area contributed by atoms with Crippen LogP contribution in [0, 0.1) is 34.3 Å². The van der Waals surface area contributed by atoms with Crippen LogP contribution in [-0.2, 0) is 31.6 Å². The maximum atomic E-state index is 13.7. The molecule has 0 bridgehead atoms. The Morgan fingerprint density at radius 3 is 1.55 bits per heavy atom. The summed E-state index contributed by atoms with van der Waals surface area (Å²) in [6.45, 7) is 0. The molecule has 8 rings (SSSR count). The van der Waals surface area contributed by atoms with Crippen LogP contribution in [0.3, 0.4) is 0 Å². The molecule has 0 atom stereocenters. The second-order valence-electron chi connectivity index (χ2n) is 12.5. The number of nitrogens with two attached hydrogens (primary N) is 1. The van der Waals surface area contributed by atoms with E-state index in [4.69, 9.17) is 5.14 Å². The van der Waals surface area contributed by atoms with Crippen molar-refractivity contribution in [3.05, 3.63) is 119 Å². The Bertz CT molecular complexity index is 2880. The highest BCUT2D eigenvalue weighted by atomic mass is 32.2. The van der Waals surface area contributed by atoms with Gasteiger partial charge in [-0.3, -0.25) is 0 Å². The molecule has 0 amide bonds. The molecule has 56 heavy (non-hydrogen) atoms.